The molecule has 1 aliphatic heterocycles. The molecule has 1 aromatic heterocycles. The van der Waals surface area contributed by atoms with E-state index in [9.17, 15) is 4.79 Å². The van der Waals surface area contributed by atoms with Gasteiger partial charge in [-0.15, -0.1) is 0 Å². The van der Waals surface area contributed by atoms with Crippen LogP contribution < -0.4 is 5.32 Å². The van der Waals surface area contributed by atoms with Gasteiger partial charge in [0, 0.05) is 31.9 Å². The highest BCUT2D eigenvalue weighted by Crippen LogP contribution is 2.25. The van der Waals surface area contributed by atoms with Crippen molar-refractivity contribution in [1.82, 2.24) is 14.8 Å². The zero-order valence-corrected chi connectivity index (χ0v) is 16.0. The summed E-state index contributed by atoms with van der Waals surface area (Å²) in [6.07, 6.45) is 2.72. The lowest BCUT2D eigenvalue weighted by molar-refractivity contribution is 0.0637. The van der Waals surface area contributed by atoms with Crippen LogP contribution >= 0.6 is 0 Å². The third-order valence-electron chi connectivity index (χ3n) is 5.10. The number of pyridine rings is 1. The van der Waals surface area contributed by atoms with Crippen LogP contribution in [0.2, 0.25) is 0 Å². The van der Waals surface area contributed by atoms with E-state index >= 15 is 0 Å². The molecule has 0 unspecified atom stereocenters. The van der Waals surface area contributed by atoms with E-state index in [-0.39, 0.29) is 5.91 Å². The van der Waals surface area contributed by atoms with E-state index in [1.807, 2.05) is 17.0 Å². The van der Waals surface area contributed by atoms with E-state index in [0.717, 1.165) is 50.5 Å². The number of para-hydroxylation sites is 1. The Morgan fingerprint density at radius 3 is 2.50 bits per heavy atom. The van der Waals surface area contributed by atoms with Crippen molar-refractivity contribution in [3.8, 4) is 0 Å². The van der Waals surface area contributed by atoms with Gasteiger partial charge in [0.25, 0.3) is 5.91 Å². The minimum absolute atomic E-state index is 0.0254. The highest BCUT2D eigenvalue weighted by molar-refractivity contribution is 5.92. The summed E-state index contributed by atoms with van der Waals surface area (Å²) < 4.78 is 0. The molecule has 2 aromatic rings. The van der Waals surface area contributed by atoms with E-state index in [1.165, 1.54) is 11.1 Å². The molecule has 1 aromatic carbocycles. The molecule has 1 fully saturated rings. The first kappa shape index (κ1) is 18.4. The van der Waals surface area contributed by atoms with Crippen molar-refractivity contribution in [2.45, 2.75) is 27.2 Å². The Balaban J connectivity index is 1.68. The van der Waals surface area contributed by atoms with Crippen molar-refractivity contribution >= 4 is 17.3 Å². The standard InChI is InChI=1S/C21H28N4O/c1-4-17-8-6-7-16(3)20(17)23-18-9-10-19(22-15-18)21(26)25-13-11-24(5-2)12-14-25/h6-10,15,23H,4-5,11-14H2,1-3H3. The van der Waals surface area contributed by atoms with Crippen LogP contribution in [0.15, 0.2) is 36.5 Å². The summed E-state index contributed by atoms with van der Waals surface area (Å²) in [4.78, 5) is 21.3. The van der Waals surface area contributed by atoms with Crippen LogP contribution in [0.1, 0.15) is 35.5 Å². The molecule has 0 atom stereocenters. The first-order valence-electron chi connectivity index (χ1n) is 9.45. The fourth-order valence-corrected chi connectivity index (χ4v) is 3.37. The van der Waals surface area contributed by atoms with Gasteiger partial charge in [-0.2, -0.15) is 0 Å². The molecular formula is C21H28N4O. The number of amides is 1. The highest BCUT2D eigenvalue weighted by Gasteiger charge is 2.22. The lowest BCUT2D eigenvalue weighted by Crippen LogP contribution is -2.48. The van der Waals surface area contributed by atoms with Crippen molar-refractivity contribution in [2.24, 2.45) is 0 Å². The van der Waals surface area contributed by atoms with Crippen molar-refractivity contribution in [3.05, 3.63) is 53.3 Å². The van der Waals surface area contributed by atoms with Gasteiger partial charge in [0.1, 0.15) is 5.69 Å². The molecule has 1 amide bonds. The fraction of sp³-hybridized carbons (Fsp3) is 0.429. The Kier molecular flexibility index (Phi) is 5.89. The number of carbonyl (C=O) groups excluding carboxylic acids is 1. The molecule has 3 rings (SSSR count). The number of nitrogens with one attached hydrogen (secondary N) is 1. The molecule has 0 bridgehead atoms. The summed E-state index contributed by atoms with van der Waals surface area (Å²) >= 11 is 0. The smallest absolute Gasteiger partial charge is 0.272 e. The molecule has 5 heteroatoms. The van der Waals surface area contributed by atoms with E-state index in [2.05, 4.69) is 54.2 Å². The summed E-state index contributed by atoms with van der Waals surface area (Å²) in [7, 11) is 0. The topological polar surface area (TPSA) is 48.5 Å². The Morgan fingerprint density at radius 2 is 1.88 bits per heavy atom. The zero-order valence-electron chi connectivity index (χ0n) is 16.0. The van der Waals surface area contributed by atoms with Gasteiger partial charge in [-0.3, -0.25) is 4.79 Å². The summed E-state index contributed by atoms with van der Waals surface area (Å²) in [6, 6.07) is 10.1. The van der Waals surface area contributed by atoms with Crippen LogP contribution in [0.3, 0.4) is 0 Å². The monoisotopic (exact) mass is 352 g/mol. The molecule has 5 nitrogen and oxygen atoms in total. The molecule has 2 heterocycles. The number of hydrogen-bond acceptors (Lipinski definition) is 4. The van der Waals surface area contributed by atoms with Crippen LogP contribution in [0.4, 0.5) is 11.4 Å². The van der Waals surface area contributed by atoms with Gasteiger partial charge in [-0.05, 0) is 43.1 Å². The number of rotatable bonds is 5. The van der Waals surface area contributed by atoms with Crippen molar-refractivity contribution in [2.75, 3.05) is 38.0 Å². The molecule has 0 spiro atoms. The third kappa shape index (κ3) is 4.05. The number of likely N-dealkylation sites (N-methyl/N-ethyl adjacent to an activating group) is 1. The van der Waals surface area contributed by atoms with Gasteiger partial charge >= 0.3 is 0 Å². The first-order valence-corrected chi connectivity index (χ1v) is 9.45. The Morgan fingerprint density at radius 1 is 1.12 bits per heavy atom. The minimum atomic E-state index is 0.0254. The van der Waals surface area contributed by atoms with Gasteiger partial charge in [0.2, 0.25) is 0 Å². The largest absolute Gasteiger partial charge is 0.354 e. The summed E-state index contributed by atoms with van der Waals surface area (Å²) in [5.74, 6) is 0.0254. The summed E-state index contributed by atoms with van der Waals surface area (Å²) in [6.45, 7) is 10.9. The number of hydrogen-bond donors (Lipinski definition) is 1. The Labute approximate surface area is 156 Å². The van der Waals surface area contributed by atoms with Crippen LogP contribution in [0.5, 0.6) is 0 Å². The normalized spacial score (nSPS) is 15.1. The lowest BCUT2D eigenvalue weighted by Gasteiger charge is -2.33. The van der Waals surface area contributed by atoms with Crippen LogP contribution in [0, 0.1) is 6.92 Å². The van der Waals surface area contributed by atoms with Crippen molar-refractivity contribution in [3.63, 3.8) is 0 Å². The van der Waals surface area contributed by atoms with Gasteiger partial charge in [-0.1, -0.05) is 32.0 Å². The predicted octanol–water partition coefficient (Wildman–Crippen LogP) is 3.47. The predicted molar refractivity (Wildman–Crippen MR) is 106 cm³/mol. The number of nitrogens with zero attached hydrogens (tertiary/aromatic N) is 3. The number of piperazine rings is 1. The van der Waals surface area contributed by atoms with E-state index in [0.29, 0.717) is 5.69 Å². The number of aryl methyl sites for hydroxylation is 2. The molecule has 138 valence electrons. The Bertz CT molecular complexity index is 749. The summed E-state index contributed by atoms with van der Waals surface area (Å²) in [5.41, 5.74) is 5.03. The molecule has 0 aliphatic carbocycles. The molecule has 1 N–H and O–H groups in total. The van der Waals surface area contributed by atoms with E-state index < -0.39 is 0 Å². The third-order valence-corrected chi connectivity index (χ3v) is 5.10. The van der Waals surface area contributed by atoms with Crippen LogP contribution in [-0.2, 0) is 6.42 Å². The van der Waals surface area contributed by atoms with Crippen molar-refractivity contribution < 1.29 is 4.79 Å². The zero-order chi connectivity index (χ0) is 18.5. The molecule has 0 saturated carbocycles. The van der Waals surface area contributed by atoms with Crippen molar-refractivity contribution in [1.29, 1.82) is 0 Å². The molecule has 1 saturated heterocycles. The maximum atomic E-state index is 12.6. The Hall–Kier alpha value is -2.40. The molecular weight excluding hydrogens is 324 g/mol. The minimum Gasteiger partial charge on any atom is -0.354 e. The van der Waals surface area contributed by atoms with E-state index in [1.54, 1.807) is 6.20 Å². The maximum absolute atomic E-state index is 12.6. The number of benzene rings is 1. The maximum Gasteiger partial charge on any atom is 0.272 e. The quantitative estimate of drug-likeness (QED) is 0.895. The second-order valence-corrected chi connectivity index (χ2v) is 6.75. The molecule has 1 aliphatic rings. The average Bonchev–Trinajstić information content (AvgIpc) is 2.69. The number of carbonyl (C=O) groups is 1. The van der Waals surface area contributed by atoms with Gasteiger partial charge in [0.15, 0.2) is 0 Å². The van der Waals surface area contributed by atoms with Crippen LogP contribution in [0.25, 0.3) is 0 Å². The average molecular weight is 352 g/mol. The van der Waals surface area contributed by atoms with E-state index in [4.69, 9.17) is 0 Å². The number of anilines is 2. The molecule has 26 heavy (non-hydrogen) atoms. The van der Waals surface area contributed by atoms with Gasteiger partial charge in [-0.25, -0.2) is 4.98 Å². The summed E-state index contributed by atoms with van der Waals surface area (Å²) in [5, 5.41) is 3.46. The van der Waals surface area contributed by atoms with Gasteiger partial charge < -0.3 is 15.1 Å². The van der Waals surface area contributed by atoms with Gasteiger partial charge in [0.05, 0.1) is 11.9 Å². The SMILES string of the molecule is CCc1cccc(C)c1Nc1ccc(C(=O)N2CCN(CC)CC2)nc1. The second kappa shape index (κ2) is 8.32. The first-order chi connectivity index (χ1) is 12.6. The number of aromatic nitrogens is 1. The molecule has 0 radical (unpaired) electrons. The van der Waals surface area contributed by atoms with Crippen LogP contribution in [-0.4, -0.2) is 53.4 Å². The highest BCUT2D eigenvalue weighted by atomic mass is 16.2. The second-order valence-electron chi connectivity index (χ2n) is 6.75. The lowest BCUT2D eigenvalue weighted by atomic mass is 10.1. The fourth-order valence-electron chi connectivity index (χ4n) is 3.37.